The number of nitrogens with zero attached hydrogens (tertiary/aromatic N) is 1. The molecule has 1 saturated heterocycles. The van der Waals surface area contributed by atoms with E-state index >= 15 is 0 Å². The maximum atomic E-state index is 12.2. The molecule has 3 N–H and O–H groups in total. The van der Waals surface area contributed by atoms with Crippen LogP contribution in [0.2, 0.25) is 0 Å². The molecule has 1 aliphatic rings. The van der Waals surface area contributed by atoms with E-state index in [0.717, 1.165) is 5.69 Å². The van der Waals surface area contributed by atoms with E-state index in [2.05, 4.69) is 5.32 Å². The van der Waals surface area contributed by atoms with Crippen molar-refractivity contribution >= 4 is 17.3 Å². The lowest BCUT2D eigenvalue weighted by atomic mass is 10.1. The smallest absolute Gasteiger partial charge is 0.245 e. The van der Waals surface area contributed by atoms with Gasteiger partial charge in [-0.2, -0.15) is 0 Å². The van der Waals surface area contributed by atoms with Crippen LogP contribution in [0.15, 0.2) is 24.3 Å². The summed E-state index contributed by atoms with van der Waals surface area (Å²) in [6.45, 7) is 5.57. The highest BCUT2D eigenvalue weighted by molar-refractivity contribution is 5.87. The molecule has 104 valence electrons. The first-order valence-electron chi connectivity index (χ1n) is 6.59. The largest absolute Gasteiger partial charge is 0.397 e. The number of rotatable bonds is 3. The molecule has 0 bridgehead atoms. The van der Waals surface area contributed by atoms with Gasteiger partial charge in [0.05, 0.1) is 24.6 Å². The first-order chi connectivity index (χ1) is 9.09. The van der Waals surface area contributed by atoms with E-state index in [1.165, 1.54) is 0 Å². The molecule has 1 atom stereocenters. The number of nitrogens with one attached hydrogen (secondary N) is 1. The maximum absolute atomic E-state index is 12.2. The second kappa shape index (κ2) is 5.93. The number of ether oxygens (including phenoxy) is 1. The van der Waals surface area contributed by atoms with Crippen LogP contribution in [0.4, 0.5) is 11.4 Å². The van der Waals surface area contributed by atoms with Gasteiger partial charge < -0.3 is 20.7 Å². The van der Waals surface area contributed by atoms with Gasteiger partial charge in [-0.1, -0.05) is 12.1 Å². The van der Waals surface area contributed by atoms with Gasteiger partial charge in [-0.25, -0.2) is 0 Å². The second-order valence-electron chi connectivity index (χ2n) is 5.01. The van der Waals surface area contributed by atoms with Gasteiger partial charge in [0.1, 0.15) is 6.04 Å². The van der Waals surface area contributed by atoms with Crippen LogP contribution in [0.3, 0.4) is 0 Å². The molecule has 1 fully saturated rings. The highest BCUT2D eigenvalue weighted by Gasteiger charge is 2.30. The maximum Gasteiger partial charge on any atom is 0.245 e. The number of nitrogen functional groups attached to an aromatic ring is 1. The van der Waals surface area contributed by atoms with Crippen LogP contribution in [0.25, 0.3) is 0 Å². The Labute approximate surface area is 113 Å². The number of carbonyl (C=O) groups is 1. The third-order valence-electron chi connectivity index (χ3n) is 3.11. The van der Waals surface area contributed by atoms with Crippen molar-refractivity contribution in [1.29, 1.82) is 0 Å². The molecule has 0 radical (unpaired) electrons. The Morgan fingerprint density at radius 3 is 2.89 bits per heavy atom. The first-order valence-corrected chi connectivity index (χ1v) is 6.59. The average molecular weight is 263 g/mol. The lowest BCUT2D eigenvalue weighted by Crippen LogP contribution is -2.55. The number of anilines is 2. The molecule has 19 heavy (non-hydrogen) atoms. The van der Waals surface area contributed by atoms with Crippen molar-refractivity contribution in [2.45, 2.75) is 25.9 Å². The second-order valence-corrected chi connectivity index (χ2v) is 5.01. The molecule has 0 aromatic heterocycles. The van der Waals surface area contributed by atoms with Crippen molar-refractivity contribution in [1.82, 2.24) is 5.32 Å². The molecule has 1 amide bonds. The Kier molecular flexibility index (Phi) is 4.27. The molecule has 0 spiro atoms. The summed E-state index contributed by atoms with van der Waals surface area (Å²) in [6.07, 6.45) is 0. The highest BCUT2D eigenvalue weighted by Crippen LogP contribution is 2.26. The zero-order valence-electron chi connectivity index (χ0n) is 11.4. The SMILES string of the molecule is CC(C)NC(=O)C1COCCN1c1ccccc1N. The third-order valence-corrected chi connectivity index (χ3v) is 3.11. The van der Waals surface area contributed by atoms with Gasteiger partial charge in [-0.3, -0.25) is 4.79 Å². The average Bonchev–Trinajstić information content (AvgIpc) is 2.38. The predicted molar refractivity (Wildman–Crippen MR) is 76.1 cm³/mol. The van der Waals surface area contributed by atoms with E-state index in [1.807, 2.05) is 43.0 Å². The number of benzene rings is 1. The lowest BCUT2D eigenvalue weighted by Gasteiger charge is -2.37. The van der Waals surface area contributed by atoms with Crippen LogP contribution in [-0.2, 0) is 9.53 Å². The summed E-state index contributed by atoms with van der Waals surface area (Å²) in [4.78, 5) is 14.3. The quantitative estimate of drug-likeness (QED) is 0.798. The number of hydrogen-bond acceptors (Lipinski definition) is 4. The molecule has 5 heteroatoms. The Bertz CT molecular complexity index is 448. The number of morpholine rings is 1. The fraction of sp³-hybridized carbons (Fsp3) is 0.500. The van der Waals surface area contributed by atoms with Gasteiger partial charge >= 0.3 is 0 Å². The highest BCUT2D eigenvalue weighted by atomic mass is 16.5. The van der Waals surface area contributed by atoms with Gasteiger partial charge in [0, 0.05) is 12.6 Å². The summed E-state index contributed by atoms with van der Waals surface area (Å²) < 4.78 is 5.43. The number of nitrogens with two attached hydrogens (primary N) is 1. The Morgan fingerprint density at radius 2 is 2.21 bits per heavy atom. The van der Waals surface area contributed by atoms with E-state index in [0.29, 0.717) is 25.4 Å². The Hall–Kier alpha value is -1.75. The van der Waals surface area contributed by atoms with Crippen molar-refractivity contribution < 1.29 is 9.53 Å². The molecule has 0 saturated carbocycles. The van der Waals surface area contributed by atoms with Crippen LogP contribution in [0, 0.1) is 0 Å². The first kappa shape index (κ1) is 13.7. The summed E-state index contributed by atoms with van der Waals surface area (Å²) in [5, 5.41) is 2.93. The summed E-state index contributed by atoms with van der Waals surface area (Å²) >= 11 is 0. The van der Waals surface area contributed by atoms with Crippen molar-refractivity contribution in [2.24, 2.45) is 0 Å². The minimum Gasteiger partial charge on any atom is -0.397 e. The standard InChI is InChI=1S/C14H21N3O2/c1-10(2)16-14(18)13-9-19-8-7-17(13)12-6-4-3-5-11(12)15/h3-6,10,13H,7-9,15H2,1-2H3,(H,16,18). The number of hydrogen-bond donors (Lipinski definition) is 2. The van der Waals surface area contributed by atoms with Crippen molar-refractivity contribution in [3.8, 4) is 0 Å². The van der Waals surface area contributed by atoms with E-state index in [1.54, 1.807) is 0 Å². The van der Waals surface area contributed by atoms with Gasteiger partial charge in [0.15, 0.2) is 0 Å². The van der Waals surface area contributed by atoms with Crippen LogP contribution in [0.1, 0.15) is 13.8 Å². The lowest BCUT2D eigenvalue weighted by molar-refractivity contribution is -0.125. The third kappa shape index (κ3) is 3.17. The van der Waals surface area contributed by atoms with Crippen LogP contribution >= 0.6 is 0 Å². The summed E-state index contributed by atoms with van der Waals surface area (Å²) in [7, 11) is 0. The molecule has 5 nitrogen and oxygen atoms in total. The molecule has 1 aliphatic heterocycles. The Morgan fingerprint density at radius 1 is 1.47 bits per heavy atom. The van der Waals surface area contributed by atoms with E-state index in [9.17, 15) is 4.79 Å². The van der Waals surface area contributed by atoms with E-state index < -0.39 is 0 Å². The van der Waals surface area contributed by atoms with Crippen LogP contribution < -0.4 is 16.0 Å². The molecule has 1 heterocycles. The van der Waals surface area contributed by atoms with E-state index in [-0.39, 0.29) is 18.0 Å². The molecule has 0 aliphatic carbocycles. The molecule has 1 aromatic carbocycles. The van der Waals surface area contributed by atoms with Crippen molar-refractivity contribution in [2.75, 3.05) is 30.4 Å². The molecule has 2 rings (SSSR count). The number of para-hydroxylation sites is 2. The minimum absolute atomic E-state index is 0.0158. The van der Waals surface area contributed by atoms with Crippen LogP contribution in [0.5, 0.6) is 0 Å². The molecular weight excluding hydrogens is 242 g/mol. The zero-order valence-corrected chi connectivity index (χ0v) is 11.4. The van der Waals surface area contributed by atoms with Gasteiger partial charge in [-0.05, 0) is 26.0 Å². The number of carbonyl (C=O) groups excluding carboxylic acids is 1. The minimum atomic E-state index is -0.319. The van der Waals surface area contributed by atoms with Gasteiger partial charge in [0.25, 0.3) is 0 Å². The number of amides is 1. The topological polar surface area (TPSA) is 67.6 Å². The Balaban J connectivity index is 2.21. The summed E-state index contributed by atoms with van der Waals surface area (Å²) in [6, 6.07) is 7.41. The monoisotopic (exact) mass is 263 g/mol. The fourth-order valence-corrected chi connectivity index (χ4v) is 2.24. The summed E-state index contributed by atoms with van der Waals surface area (Å²) in [5.41, 5.74) is 7.59. The van der Waals surface area contributed by atoms with Crippen molar-refractivity contribution in [3.05, 3.63) is 24.3 Å². The summed E-state index contributed by atoms with van der Waals surface area (Å²) in [5.74, 6) is -0.0158. The van der Waals surface area contributed by atoms with Gasteiger partial charge in [-0.15, -0.1) is 0 Å². The van der Waals surface area contributed by atoms with Gasteiger partial charge in [0.2, 0.25) is 5.91 Å². The molecular formula is C14H21N3O2. The normalized spacial score (nSPS) is 19.5. The molecule has 1 aromatic rings. The predicted octanol–water partition coefficient (Wildman–Crippen LogP) is 0.999. The molecule has 1 unspecified atom stereocenters. The fourth-order valence-electron chi connectivity index (χ4n) is 2.24. The van der Waals surface area contributed by atoms with Crippen molar-refractivity contribution in [3.63, 3.8) is 0 Å². The van der Waals surface area contributed by atoms with Crippen LogP contribution in [-0.4, -0.2) is 37.7 Å². The zero-order chi connectivity index (χ0) is 13.8. The van der Waals surface area contributed by atoms with E-state index in [4.69, 9.17) is 10.5 Å².